The van der Waals surface area contributed by atoms with Gasteiger partial charge in [-0.25, -0.2) is 4.98 Å². The molecular weight excluding hydrogens is 206 g/mol. The van der Waals surface area contributed by atoms with Crippen LogP contribution in [-0.2, 0) is 11.3 Å². The molecule has 0 atom stereocenters. The lowest BCUT2D eigenvalue weighted by molar-refractivity contribution is 0.00507. The van der Waals surface area contributed by atoms with Crippen molar-refractivity contribution >= 4 is 0 Å². The minimum absolute atomic E-state index is 0.00242. The number of hydrogen-bond donors (Lipinski definition) is 1. The van der Waals surface area contributed by atoms with Crippen molar-refractivity contribution in [3.8, 4) is 5.88 Å². The Morgan fingerprint density at radius 2 is 2.19 bits per heavy atom. The number of aromatic nitrogens is 1. The Balaban J connectivity index is 2.42. The van der Waals surface area contributed by atoms with Crippen LogP contribution >= 0.6 is 0 Å². The molecule has 4 heteroatoms. The van der Waals surface area contributed by atoms with Crippen molar-refractivity contribution in [2.75, 3.05) is 13.7 Å². The molecule has 0 radical (unpaired) electrons. The van der Waals surface area contributed by atoms with Crippen molar-refractivity contribution in [2.24, 2.45) is 0 Å². The highest BCUT2D eigenvalue weighted by Gasteiger charge is 2.16. The fraction of sp³-hybridized carbons (Fsp3) is 0.583. The van der Waals surface area contributed by atoms with Gasteiger partial charge in [-0.3, -0.25) is 0 Å². The number of ether oxygens (including phenoxy) is 2. The number of pyridine rings is 1. The molecule has 0 aliphatic rings. The molecule has 1 aromatic rings. The van der Waals surface area contributed by atoms with E-state index in [-0.39, 0.29) is 12.2 Å². The number of aliphatic hydroxyl groups is 1. The molecule has 0 bridgehead atoms. The van der Waals surface area contributed by atoms with Crippen LogP contribution in [0.1, 0.15) is 25.8 Å². The van der Waals surface area contributed by atoms with Crippen molar-refractivity contribution in [2.45, 2.75) is 32.5 Å². The third-order valence-electron chi connectivity index (χ3n) is 2.49. The number of hydrogen-bond acceptors (Lipinski definition) is 4. The highest BCUT2D eigenvalue weighted by molar-refractivity contribution is 5.19. The lowest BCUT2D eigenvalue weighted by atomic mass is 10.1. The summed E-state index contributed by atoms with van der Waals surface area (Å²) in [7, 11) is 1.69. The lowest BCUT2D eigenvalue weighted by Gasteiger charge is -2.22. The Hall–Kier alpha value is -1.13. The molecule has 1 N–H and O–H groups in total. The first-order valence-corrected chi connectivity index (χ1v) is 5.31. The van der Waals surface area contributed by atoms with Crippen LogP contribution in [0.4, 0.5) is 0 Å². The normalized spacial score (nSPS) is 11.5. The zero-order chi connectivity index (χ0) is 12.0. The molecule has 90 valence electrons. The first kappa shape index (κ1) is 12.9. The summed E-state index contributed by atoms with van der Waals surface area (Å²) in [5.41, 5.74) is 0.616. The van der Waals surface area contributed by atoms with E-state index >= 15 is 0 Å². The van der Waals surface area contributed by atoms with Gasteiger partial charge in [-0.1, -0.05) is 0 Å². The van der Waals surface area contributed by atoms with E-state index in [1.54, 1.807) is 25.4 Å². The summed E-state index contributed by atoms with van der Waals surface area (Å²) in [6.07, 6.45) is 2.41. The van der Waals surface area contributed by atoms with Crippen molar-refractivity contribution in [1.82, 2.24) is 4.98 Å². The minimum atomic E-state index is -0.186. The van der Waals surface area contributed by atoms with E-state index in [0.29, 0.717) is 12.5 Å². The van der Waals surface area contributed by atoms with Gasteiger partial charge in [-0.2, -0.15) is 0 Å². The van der Waals surface area contributed by atoms with Crippen LogP contribution in [0.3, 0.4) is 0 Å². The SMILES string of the molecule is COC(C)(C)CCOc1cc(CO)ccn1. The Morgan fingerprint density at radius 3 is 2.81 bits per heavy atom. The van der Waals surface area contributed by atoms with E-state index in [1.807, 2.05) is 13.8 Å². The molecule has 0 amide bonds. The van der Waals surface area contributed by atoms with Crippen LogP contribution in [0.2, 0.25) is 0 Å². The van der Waals surface area contributed by atoms with Crippen LogP contribution in [0, 0.1) is 0 Å². The summed E-state index contributed by atoms with van der Waals surface area (Å²) >= 11 is 0. The molecule has 0 aliphatic carbocycles. The minimum Gasteiger partial charge on any atom is -0.478 e. The Labute approximate surface area is 96.2 Å². The van der Waals surface area contributed by atoms with E-state index in [4.69, 9.17) is 14.6 Å². The fourth-order valence-corrected chi connectivity index (χ4v) is 1.13. The second-order valence-electron chi connectivity index (χ2n) is 4.22. The van der Waals surface area contributed by atoms with E-state index in [0.717, 1.165) is 12.0 Å². The van der Waals surface area contributed by atoms with Crippen LogP contribution in [0.25, 0.3) is 0 Å². The second kappa shape index (κ2) is 5.82. The summed E-state index contributed by atoms with van der Waals surface area (Å²) in [5.74, 6) is 0.540. The molecule has 0 spiro atoms. The highest BCUT2D eigenvalue weighted by Crippen LogP contribution is 2.15. The van der Waals surface area contributed by atoms with Crippen LogP contribution in [0.5, 0.6) is 5.88 Å². The number of rotatable bonds is 6. The number of methoxy groups -OCH3 is 1. The predicted molar refractivity (Wildman–Crippen MR) is 61.4 cm³/mol. The monoisotopic (exact) mass is 225 g/mol. The molecule has 16 heavy (non-hydrogen) atoms. The predicted octanol–water partition coefficient (Wildman–Crippen LogP) is 1.77. The lowest BCUT2D eigenvalue weighted by Crippen LogP contribution is -2.25. The molecule has 0 saturated heterocycles. The van der Waals surface area contributed by atoms with Crippen molar-refractivity contribution in [1.29, 1.82) is 0 Å². The standard InChI is InChI=1S/C12H19NO3/c1-12(2,15-3)5-7-16-11-8-10(9-14)4-6-13-11/h4,6,8,14H,5,7,9H2,1-3H3. The zero-order valence-corrected chi connectivity index (χ0v) is 10.1. The maximum Gasteiger partial charge on any atom is 0.213 e. The third-order valence-corrected chi connectivity index (χ3v) is 2.49. The molecule has 1 heterocycles. The van der Waals surface area contributed by atoms with Crippen LogP contribution in [-0.4, -0.2) is 29.4 Å². The van der Waals surface area contributed by atoms with E-state index in [2.05, 4.69) is 4.98 Å². The van der Waals surface area contributed by atoms with E-state index in [9.17, 15) is 0 Å². The van der Waals surface area contributed by atoms with Crippen molar-refractivity contribution in [3.05, 3.63) is 23.9 Å². The van der Waals surface area contributed by atoms with Gasteiger partial charge < -0.3 is 14.6 Å². The fourth-order valence-electron chi connectivity index (χ4n) is 1.13. The first-order valence-electron chi connectivity index (χ1n) is 5.31. The summed E-state index contributed by atoms with van der Waals surface area (Å²) < 4.78 is 10.8. The summed E-state index contributed by atoms with van der Waals surface area (Å²) in [6, 6.07) is 3.49. The smallest absolute Gasteiger partial charge is 0.213 e. The van der Waals surface area contributed by atoms with Crippen LogP contribution < -0.4 is 4.74 Å². The van der Waals surface area contributed by atoms with Gasteiger partial charge in [0.25, 0.3) is 0 Å². The second-order valence-corrected chi connectivity index (χ2v) is 4.22. The first-order chi connectivity index (χ1) is 7.57. The third kappa shape index (κ3) is 4.16. The summed E-state index contributed by atoms with van der Waals surface area (Å²) in [5, 5.41) is 8.95. The Kier molecular flexibility index (Phi) is 4.71. The Morgan fingerprint density at radius 1 is 1.44 bits per heavy atom. The quantitative estimate of drug-likeness (QED) is 0.801. The molecular formula is C12H19NO3. The molecule has 0 aromatic carbocycles. The van der Waals surface area contributed by atoms with Gasteiger partial charge in [-0.05, 0) is 25.5 Å². The molecule has 0 unspecified atom stereocenters. The van der Waals surface area contributed by atoms with E-state index in [1.165, 1.54) is 0 Å². The van der Waals surface area contributed by atoms with Gasteiger partial charge >= 0.3 is 0 Å². The summed E-state index contributed by atoms with van der Waals surface area (Å²) in [6.45, 7) is 4.56. The average molecular weight is 225 g/mol. The molecule has 0 saturated carbocycles. The van der Waals surface area contributed by atoms with Gasteiger partial charge in [0.1, 0.15) is 0 Å². The maximum atomic E-state index is 8.95. The van der Waals surface area contributed by atoms with Crippen molar-refractivity contribution < 1.29 is 14.6 Å². The number of nitrogens with zero attached hydrogens (tertiary/aromatic N) is 1. The molecule has 1 rings (SSSR count). The average Bonchev–Trinajstić information content (AvgIpc) is 2.29. The Bertz CT molecular complexity index is 326. The van der Waals surface area contributed by atoms with Crippen molar-refractivity contribution in [3.63, 3.8) is 0 Å². The van der Waals surface area contributed by atoms with Gasteiger partial charge in [0.05, 0.1) is 18.8 Å². The maximum absolute atomic E-state index is 8.95. The number of aliphatic hydroxyl groups excluding tert-OH is 1. The molecule has 1 aromatic heterocycles. The molecule has 0 fully saturated rings. The largest absolute Gasteiger partial charge is 0.478 e. The van der Waals surface area contributed by atoms with Crippen LogP contribution in [0.15, 0.2) is 18.3 Å². The topological polar surface area (TPSA) is 51.6 Å². The summed E-state index contributed by atoms with van der Waals surface area (Å²) in [4.78, 5) is 4.06. The van der Waals surface area contributed by atoms with E-state index < -0.39 is 0 Å². The highest BCUT2D eigenvalue weighted by atomic mass is 16.5. The van der Waals surface area contributed by atoms with Gasteiger partial charge in [0, 0.05) is 25.8 Å². The molecule has 4 nitrogen and oxygen atoms in total. The molecule has 0 aliphatic heterocycles. The zero-order valence-electron chi connectivity index (χ0n) is 10.1. The van der Waals surface area contributed by atoms with Gasteiger partial charge in [0.15, 0.2) is 0 Å². The van der Waals surface area contributed by atoms with Gasteiger partial charge in [-0.15, -0.1) is 0 Å². The van der Waals surface area contributed by atoms with Gasteiger partial charge in [0.2, 0.25) is 5.88 Å².